The Labute approximate surface area is 104 Å². The highest BCUT2D eigenvalue weighted by molar-refractivity contribution is 5.85. The van der Waals surface area contributed by atoms with Crippen molar-refractivity contribution in [3.63, 3.8) is 0 Å². The van der Waals surface area contributed by atoms with Crippen molar-refractivity contribution < 1.29 is 4.79 Å². The average molecular weight is 234 g/mol. The van der Waals surface area contributed by atoms with E-state index in [9.17, 15) is 10.1 Å². The Morgan fingerprint density at radius 1 is 1.24 bits per heavy atom. The van der Waals surface area contributed by atoms with E-state index in [1.54, 1.807) is 0 Å². The summed E-state index contributed by atoms with van der Waals surface area (Å²) in [5.74, 6) is 0.785. The van der Waals surface area contributed by atoms with Gasteiger partial charge in [0.1, 0.15) is 5.41 Å². The third-order valence-corrected chi connectivity index (χ3v) is 4.42. The molecule has 0 saturated heterocycles. The predicted octanol–water partition coefficient (Wildman–Crippen LogP) is 2.77. The number of nitrogens with one attached hydrogen (secondary N) is 1. The average Bonchev–Trinajstić information content (AvgIpc) is 3.00. The monoisotopic (exact) mass is 234 g/mol. The van der Waals surface area contributed by atoms with E-state index in [0.29, 0.717) is 0 Å². The molecule has 2 fully saturated rings. The Morgan fingerprint density at radius 2 is 1.88 bits per heavy atom. The van der Waals surface area contributed by atoms with Crippen LogP contribution in [-0.2, 0) is 4.79 Å². The zero-order valence-corrected chi connectivity index (χ0v) is 10.5. The van der Waals surface area contributed by atoms with Crippen molar-refractivity contribution in [1.29, 1.82) is 5.26 Å². The number of nitrogens with zero attached hydrogens (tertiary/aromatic N) is 1. The largest absolute Gasteiger partial charge is 0.355 e. The second-order valence-corrected chi connectivity index (χ2v) is 5.60. The number of hydrogen-bond acceptors (Lipinski definition) is 2. The van der Waals surface area contributed by atoms with Crippen molar-refractivity contribution in [2.45, 2.75) is 57.8 Å². The Kier molecular flexibility index (Phi) is 4.04. The van der Waals surface area contributed by atoms with Crippen LogP contribution >= 0.6 is 0 Å². The predicted molar refractivity (Wildman–Crippen MR) is 66.1 cm³/mol. The minimum absolute atomic E-state index is 0.0181. The number of carbonyl (C=O) groups excluding carboxylic acids is 1. The van der Waals surface area contributed by atoms with Crippen molar-refractivity contribution in [1.82, 2.24) is 5.32 Å². The van der Waals surface area contributed by atoms with Gasteiger partial charge in [-0.2, -0.15) is 5.26 Å². The summed E-state index contributed by atoms with van der Waals surface area (Å²) in [7, 11) is 0. The van der Waals surface area contributed by atoms with E-state index in [1.165, 1.54) is 25.7 Å². The number of hydrogen-bond donors (Lipinski definition) is 1. The lowest BCUT2D eigenvalue weighted by Crippen LogP contribution is -2.39. The van der Waals surface area contributed by atoms with Crippen molar-refractivity contribution in [3.8, 4) is 6.07 Å². The lowest BCUT2D eigenvalue weighted by Gasteiger charge is -2.19. The van der Waals surface area contributed by atoms with Gasteiger partial charge in [-0.3, -0.25) is 4.79 Å². The molecule has 0 unspecified atom stereocenters. The van der Waals surface area contributed by atoms with Crippen molar-refractivity contribution in [2.75, 3.05) is 6.54 Å². The molecule has 2 saturated carbocycles. The van der Waals surface area contributed by atoms with Crippen LogP contribution in [0.25, 0.3) is 0 Å². The van der Waals surface area contributed by atoms with Crippen LogP contribution < -0.4 is 5.32 Å². The van der Waals surface area contributed by atoms with Gasteiger partial charge in [0.2, 0.25) is 5.91 Å². The van der Waals surface area contributed by atoms with Crippen molar-refractivity contribution in [3.05, 3.63) is 0 Å². The van der Waals surface area contributed by atoms with Crippen LogP contribution in [0.4, 0.5) is 0 Å². The molecule has 1 amide bonds. The van der Waals surface area contributed by atoms with Gasteiger partial charge in [-0.15, -0.1) is 0 Å². The number of nitriles is 1. The molecule has 0 aromatic heterocycles. The van der Waals surface area contributed by atoms with Crippen LogP contribution in [0.1, 0.15) is 57.8 Å². The molecule has 2 aliphatic rings. The minimum atomic E-state index is -0.699. The van der Waals surface area contributed by atoms with Gasteiger partial charge < -0.3 is 5.32 Å². The van der Waals surface area contributed by atoms with Gasteiger partial charge in [0.05, 0.1) is 6.07 Å². The van der Waals surface area contributed by atoms with E-state index in [2.05, 4.69) is 11.4 Å². The fourth-order valence-electron chi connectivity index (χ4n) is 3.23. The van der Waals surface area contributed by atoms with E-state index in [-0.39, 0.29) is 5.91 Å². The van der Waals surface area contributed by atoms with E-state index >= 15 is 0 Å². The Bertz CT molecular complexity index is 307. The summed E-state index contributed by atoms with van der Waals surface area (Å²) in [5, 5.41) is 12.2. The first kappa shape index (κ1) is 12.4. The minimum Gasteiger partial charge on any atom is -0.355 e. The summed E-state index contributed by atoms with van der Waals surface area (Å²) < 4.78 is 0. The quantitative estimate of drug-likeness (QED) is 0.813. The molecule has 3 nitrogen and oxygen atoms in total. The smallest absolute Gasteiger partial charge is 0.240 e. The fraction of sp³-hybridized carbons (Fsp3) is 0.857. The van der Waals surface area contributed by atoms with Gasteiger partial charge in [0, 0.05) is 6.54 Å². The molecule has 0 aromatic carbocycles. The highest BCUT2D eigenvalue weighted by Gasteiger charge is 2.41. The number of carbonyl (C=O) groups is 1. The molecule has 0 bridgehead atoms. The summed E-state index contributed by atoms with van der Waals surface area (Å²) >= 11 is 0. The molecule has 0 heterocycles. The van der Waals surface area contributed by atoms with Gasteiger partial charge in [0.15, 0.2) is 0 Å². The van der Waals surface area contributed by atoms with E-state index in [0.717, 1.165) is 44.6 Å². The Hall–Kier alpha value is -1.04. The van der Waals surface area contributed by atoms with Crippen LogP contribution in [0.15, 0.2) is 0 Å². The second-order valence-electron chi connectivity index (χ2n) is 5.60. The molecule has 2 aliphatic carbocycles. The van der Waals surface area contributed by atoms with Gasteiger partial charge in [-0.1, -0.05) is 38.5 Å². The molecular weight excluding hydrogens is 212 g/mol. The molecule has 3 heteroatoms. The topological polar surface area (TPSA) is 52.9 Å². The number of rotatable bonds is 4. The first-order chi connectivity index (χ1) is 8.27. The van der Waals surface area contributed by atoms with Gasteiger partial charge in [-0.05, 0) is 25.2 Å². The van der Waals surface area contributed by atoms with Crippen LogP contribution in [0.2, 0.25) is 0 Å². The van der Waals surface area contributed by atoms with Crippen molar-refractivity contribution in [2.24, 2.45) is 11.3 Å². The fourth-order valence-corrected chi connectivity index (χ4v) is 3.23. The third-order valence-electron chi connectivity index (χ3n) is 4.42. The van der Waals surface area contributed by atoms with Crippen LogP contribution in [0, 0.1) is 22.7 Å². The molecule has 0 radical (unpaired) electrons. The maximum Gasteiger partial charge on any atom is 0.240 e. The first-order valence-corrected chi connectivity index (χ1v) is 6.96. The molecule has 0 aliphatic heterocycles. The number of amides is 1. The van der Waals surface area contributed by atoms with Crippen LogP contribution in [0.5, 0.6) is 0 Å². The Balaban J connectivity index is 1.74. The van der Waals surface area contributed by atoms with E-state index in [1.807, 2.05) is 0 Å². The summed E-state index contributed by atoms with van der Waals surface area (Å²) in [5.41, 5.74) is -0.699. The molecule has 17 heavy (non-hydrogen) atoms. The summed E-state index contributed by atoms with van der Waals surface area (Å²) in [4.78, 5) is 12.0. The second kappa shape index (κ2) is 5.53. The molecule has 0 aromatic rings. The molecule has 0 atom stereocenters. The lowest BCUT2D eigenvalue weighted by atomic mass is 9.87. The van der Waals surface area contributed by atoms with Crippen molar-refractivity contribution >= 4 is 5.91 Å². The standard InChI is InChI=1S/C14H22N2O/c15-11-14(8-3-4-9-14)13(17)16-10-7-12-5-1-2-6-12/h12H,1-10H2,(H,16,17). The van der Waals surface area contributed by atoms with Gasteiger partial charge >= 0.3 is 0 Å². The van der Waals surface area contributed by atoms with Crippen LogP contribution in [0.3, 0.4) is 0 Å². The third kappa shape index (κ3) is 2.80. The first-order valence-electron chi connectivity index (χ1n) is 6.96. The van der Waals surface area contributed by atoms with Crippen LogP contribution in [-0.4, -0.2) is 12.5 Å². The molecule has 1 N–H and O–H groups in total. The normalized spacial score (nSPS) is 23.5. The van der Waals surface area contributed by atoms with Gasteiger partial charge in [0.25, 0.3) is 0 Å². The summed E-state index contributed by atoms with van der Waals surface area (Å²) in [6, 6.07) is 2.24. The lowest BCUT2D eigenvalue weighted by molar-refractivity contribution is -0.127. The highest BCUT2D eigenvalue weighted by atomic mass is 16.2. The maximum absolute atomic E-state index is 12.0. The molecular formula is C14H22N2O. The zero-order chi connectivity index (χ0) is 12.1. The Morgan fingerprint density at radius 3 is 2.47 bits per heavy atom. The van der Waals surface area contributed by atoms with Gasteiger partial charge in [-0.25, -0.2) is 0 Å². The maximum atomic E-state index is 12.0. The molecule has 94 valence electrons. The highest BCUT2D eigenvalue weighted by Crippen LogP contribution is 2.37. The molecule has 0 spiro atoms. The SMILES string of the molecule is N#CC1(C(=O)NCCC2CCCC2)CCCC1. The van der Waals surface area contributed by atoms with E-state index < -0.39 is 5.41 Å². The zero-order valence-electron chi connectivity index (χ0n) is 10.5. The summed E-state index contributed by atoms with van der Waals surface area (Å²) in [6.45, 7) is 0.757. The van der Waals surface area contributed by atoms with E-state index in [4.69, 9.17) is 0 Å². The summed E-state index contributed by atoms with van der Waals surface area (Å²) in [6.07, 6.45) is 9.96. The molecule has 2 rings (SSSR count).